The first-order chi connectivity index (χ1) is 13.7. The maximum atomic E-state index is 13.4. The summed E-state index contributed by atoms with van der Waals surface area (Å²) in [4.78, 5) is 23.8. The van der Waals surface area contributed by atoms with E-state index in [2.05, 4.69) is 15.4 Å². The maximum Gasteiger partial charge on any atom is 0.418 e. The van der Waals surface area contributed by atoms with Crippen molar-refractivity contribution in [3.05, 3.63) is 29.3 Å². The van der Waals surface area contributed by atoms with E-state index in [1.165, 1.54) is 13.2 Å². The van der Waals surface area contributed by atoms with Crippen LogP contribution in [0.2, 0.25) is 0 Å². The fourth-order valence-electron chi connectivity index (χ4n) is 4.52. The molecule has 3 aliphatic rings. The number of carbonyl (C=O) groups is 2. The van der Waals surface area contributed by atoms with Crippen molar-refractivity contribution in [2.45, 2.75) is 70.3 Å². The Morgan fingerprint density at radius 2 is 1.73 bits per heavy atom. The topological polar surface area (TPSA) is 76.7 Å². The number of esters is 1. The van der Waals surface area contributed by atoms with Crippen molar-refractivity contribution >= 4 is 17.7 Å². The monoisotopic (exact) mass is 428 g/mol. The van der Waals surface area contributed by atoms with Crippen LogP contribution in [-0.4, -0.2) is 36.4 Å². The number of nitrogens with one attached hydrogen (secondary N) is 2. The smallest absolute Gasteiger partial charge is 0.418 e. The van der Waals surface area contributed by atoms with Crippen molar-refractivity contribution in [3.8, 4) is 0 Å². The normalized spacial score (nSPS) is 26.0. The molecule has 0 aliphatic heterocycles. The Balaban J connectivity index is 1.69. The number of carbonyl (C=O) groups excluding carboxylic acids is 2. The molecule has 1 aromatic rings. The number of hydrogen-bond acceptors (Lipinski definition) is 5. The van der Waals surface area contributed by atoms with Gasteiger partial charge in [0.2, 0.25) is 0 Å². The molecule has 1 amide bonds. The fraction of sp³-hybridized carbons (Fsp3) is 0.619. The number of ether oxygens (including phenoxy) is 2. The van der Waals surface area contributed by atoms with Crippen molar-refractivity contribution in [2.75, 3.05) is 12.4 Å². The number of anilines is 1. The molecule has 0 aromatic heterocycles. The van der Waals surface area contributed by atoms with Crippen molar-refractivity contribution in [2.24, 2.45) is 5.41 Å². The van der Waals surface area contributed by atoms with Crippen molar-refractivity contribution in [1.29, 1.82) is 0 Å². The van der Waals surface area contributed by atoms with Crippen LogP contribution < -0.4 is 10.6 Å². The fourth-order valence-corrected chi connectivity index (χ4v) is 4.52. The number of alkyl carbamates (subject to hydrolysis) is 1. The first kappa shape index (κ1) is 22.2. The molecule has 0 spiro atoms. The predicted molar refractivity (Wildman–Crippen MR) is 104 cm³/mol. The number of alkyl halides is 3. The quantitative estimate of drug-likeness (QED) is 0.663. The molecule has 2 bridgehead atoms. The summed E-state index contributed by atoms with van der Waals surface area (Å²) in [7, 11) is 1.18. The third kappa shape index (κ3) is 4.20. The first-order valence-corrected chi connectivity index (χ1v) is 9.76. The van der Waals surface area contributed by atoms with Crippen LogP contribution in [0.25, 0.3) is 0 Å². The molecule has 0 saturated heterocycles. The summed E-state index contributed by atoms with van der Waals surface area (Å²) in [6.07, 6.45) is -3.07. The van der Waals surface area contributed by atoms with E-state index in [0.29, 0.717) is 19.3 Å². The van der Waals surface area contributed by atoms with Gasteiger partial charge in [-0.05, 0) is 70.6 Å². The van der Waals surface area contributed by atoms with Gasteiger partial charge in [0.1, 0.15) is 5.60 Å². The Bertz CT molecular complexity index is 841. The van der Waals surface area contributed by atoms with Gasteiger partial charge < -0.3 is 20.1 Å². The lowest BCUT2D eigenvalue weighted by Crippen LogP contribution is -2.78. The Hall–Kier alpha value is -2.45. The van der Waals surface area contributed by atoms with Crippen LogP contribution in [0.4, 0.5) is 23.7 Å². The molecule has 1 aromatic carbocycles. The van der Waals surface area contributed by atoms with Gasteiger partial charge in [0.05, 0.1) is 18.2 Å². The van der Waals surface area contributed by atoms with Gasteiger partial charge in [0.25, 0.3) is 0 Å². The highest BCUT2D eigenvalue weighted by atomic mass is 19.4. The molecular formula is C21H27F3N2O4. The van der Waals surface area contributed by atoms with Gasteiger partial charge in [-0.1, -0.05) is 0 Å². The van der Waals surface area contributed by atoms with Gasteiger partial charge >= 0.3 is 18.2 Å². The molecule has 30 heavy (non-hydrogen) atoms. The Morgan fingerprint density at radius 1 is 1.13 bits per heavy atom. The molecule has 1 unspecified atom stereocenters. The van der Waals surface area contributed by atoms with Crippen molar-refractivity contribution < 1.29 is 32.2 Å². The number of halogens is 3. The van der Waals surface area contributed by atoms with Crippen LogP contribution in [0, 0.1) is 5.41 Å². The third-order valence-electron chi connectivity index (χ3n) is 5.87. The summed E-state index contributed by atoms with van der Waals surface area (Å²) in [5.74, 6) is -0.703. The zero-order chi connectivity index (χ0) is 22.5. The highest BCUT2D eigenvalue weighted by Crippen LogP contribution is 2.69. The van der Waals surface area contributed by atoms with Crippen LogP contribution >= 0.6 is 0 Å². The average molecular weight is 428 g/mol. The molecule has 0 heterocycles. The Morgan fingerprint density at radius 3 is 2.23 bits per heavy atom. The van der Waals surface area contributed by atoms with E-state index in [1.54, 1.807) is 20.8 Å². The van der Waals surface area contributed by atoms with Crippen LogP contribution in [-0.2, 0) is 15.7 Å². The molecule has 6 nitrogen and oxygen atoms in total. The summed E-state index contributed by atoms with van der Waals surface area (Å²) in [5.41, 5.74) is -2.11. The van der Waals surface area contributed by atoms with E-state index in [9.17, 15) is 22.8 Å². The molecule has 166 valence electrons. The standard InChI is InChI=1S/C21H27F3N2O4/c1-12(19-9-20(10-19,11-19)26-17(28)30-18(2,3)4)25-15-8-13(16(27)29-5)6-7-14(15)21(22,23)24/h6-8,12,25H,9-11H2,1-5H3,(H,26,28). The summed E-state index contributed by atoms with van der Waals surface area (Å²) in [6, 6.07) is 2.87. The number of rotatable bonds is 5. The number of amides is 1. The number of methoxy groups -OCH3 is 1. The summed E-state index contributed by atoms with van der Waals surface area (Å²) < 4.78 is 50.2. The lowest BCUT2D eigenvalue weighted by atomic mass is 9.37. The summed E-state index contributed by atoms with van der Waals surface area (Å²) in [6.45, 7) is 7.16. The van der Waals surface area contributed by atoms with E-state index >= 15 is 0 Å². The molecule has 3 aliphatic carbocycles. The van der Waals surface area contributed by atoms with Crippen LogP contribution in [0.3, 0.4) is 0 Å². The van der Waals surface area contributed by atoms with E-state index in [1.807, 2.05) is 6.92 Å². The second-order valence-electron chi connectivity index (χ2n) is 9.42. The zero-order valence-electron chi connectivity index (χ0n) is 17.7. The molecule has 9 heteroatoms. The van der Waals surface area contributed by atoms with Gasteiger partial charge in [-0.2, -0.15) is 13.2 Å². The molecular weight excluding hydrogens is 401 g/mol. The average Bonchev–Trinajstić information content (AvgIpc) is 2.53. The van der Waals surface area contributed by atoms with Gasteiger partial charge in [-0.25, -0.2) is 9.59 Å². The van der Waals surface area contributed by atoms with Gasteiger partial charge in [0, 0.05) is 17.3 Å². The number of hydrogen-bond donors (Lipinski definition) is 2. The second kappa shape index (κ2) is 7.06. The molecule has 1 atom stereocenters. The lowest BCUT2D eigenvalue weighted by molar-refractivity contribution is -0.159. The van der Waals surface area contributed by atoms with E-state index in [-0.39, 0.29) is 28.2 Å². The van der Waals surface area contributed by atoms with E-state index < -0.39 is 29.4 Å². The molecule has 2 N–H and O–H groups in total. The molecule has 3 fully saturated rings. The summed E-state index contributed by atoms with van der Waals surface area (Å²) in [5, 5.41) is 5.85. The van der Waals surface area contributed by atoms with Gasteiger partial charge in [0.15, 0.2) is 0 Å². The van der Waals surface area contributed by atoms with Crippen LogP contribution in [0.15, 0.2) is 18.2 Å². The lowest BCUT2D eigenvalue weighted by Gasteiger charge is -2.72. The van der Waals surface area contributed by atoms with Crippen LogP contribution in [0.5, 0.6) is 0 Å². The number of benzene rings is 1. The van der Waals surface area contributed by atoms with Gasteiger partial charge in [-0.15, -0.1) is 0 Å². The molecule has 0 radical (unpaired) electrons. The minimum absolute atomic E-state index is 0.0425. The van der Waals surface area contributed by atoms with E-state index in [4.69, 9.17) is 4.74 Å². The van der Waals surface area contributed by atoms with Crippen molar-refractivity contribution in [1.82, 2.24) is 5.32 Å². The minimum Gasteiger partial charge on any atom is -0.465 e. The van der Waals surface area contributed by atoms with Crippen LogP contribution in [0.1, 0.15) is 62.9 Å². The highest BCUT2D eigenvalue weighted by molar-refractivity contribution is 5.90. The zero-order valence-corrected chi connectivity index (χ0v) is 17.7. The molecule has 3 saturated carbocycles. The second-order valence-corrected chi connectivity index (χ2v) is 9.42. The minimum atomic E-state index is -4.56. The highest BCUT2D eigenvalue weighted by Gasteiger charge is 2.70. The first-order valence-electron chi connectivity index (χ1n) is 9.76. The SMILES string of the molecule is COC(=O)c1ccc(C(F)(F)F)c(NC(C)C23CC(NC(=O)OC(C)(C)C)(C2)C3)c1. The third-order valence-corrected chi connectivity index (χ3v) is 5.87. The predicted octanol–water partition coefficient (Wildman–Crippen LogP) is 4.74. The van der Waals surface area contributed by atoms with Gasteiger partial charge in [-0.3, -0.25) is 0 Å². The Kier molecular flexibility index (Phi) is 5.23. The molecule has 4 rings (SSSR count). The maximum absolute atomic E-state index is 13.4. The Labute approximate surface area is 173 Å². The largest absolute Gasteiger partial charge is 0.465 e. The van der Waals surface area contributed by atoms with Crippen molar-refractivity contribution in [3.63, 3.8) is 0 Å². The van der Waals surface area contributed by atoms with E-state index in [0.717, 1.165) is 12.1 Å². The summed E-state index contributed by atoms with van der Waals surface area (Å²) >= 11 is 0.